The molecule has 0 saturated carbocycles. The Morgan fingerprint density at radius 2 is 2.33 bits per heavy atom. The van der Waals surface area contributed by atoms with Gasteiger partial charge in [-0.15, -0.1) is 0 Å². The van der Waals surface area contributed by atoms with Gasteiger partial charge in [0.05, 0.1) is 12.6 Å². The molecule has 4 heteroatoms. The molecule has 2 rings (SSSR count). The quantitative estimate of drug-likeness (QED) is 0.835. The summed E-state index contributed by atoms with van der Waals surface area (Å²) in [4.78, 5) is 2.25. The SMILES string of the molecule is CCNCC(COC)N1CCc2ccc(F)cc21. The molecule has 1 unspecified atom stereocenters. The van der Waals surface area contributed by atoms with Crippen molar-refractivity contribution in [3.8, 4) is 0 Å². The second kappa shape index (κ2) is 6.16. The number of anilines is 1. The minimum Gasteiger partial charge on any atom is -0.383 e. The highest BCUT2D eigenvalue weighted by Gasteiger charge is 2.26. The van der Waals surface area contributed by atoms with Gasteiger partial charge >= 0.3 is 0 Å². The minimum absolute atomic E-state index is 0.166. The minimum atomic E-state index is -0.166. The molecule has 3 nitrogen and oxygen atoms in total. The van der Waals surface area contributed by atoms with Crippen molar-refractivity contribution in [2.75, 3.05) is 38.3 Å². The predicted octanol–water partition coefficient (Wildman–Crippen LogP) is 1.81. The fraction of sp³-hybridized carbons (Fsp3) is 0.571. The van der Waals surface area contributed by atoms with Crippen LogP contribution in [0.4, 0.5) is 10.1 Å². The largest absolute Gasteiger partial charge is 0.383 e. The summed E-state index contributed by atoms with van der Waals surface area (Å²) in [6.07, 6.45) is 0.988. The van der Waals surface area contributed by atoms with Crippen molar-refractivity contribution >= 4 is 5.69 Å². The first-order chi connectivity index (χ1) is 8.76. The van der Waals surface area contributed by atoms with Gasteiger partial charge in [-0.2, -0.15) is 0 Å². The number of nitrogens with zero attached hydrogens (tertiary/aromatic N) is 1. The van der Waals surface area contributed by atoms with E-state index in [-0.39, 0.29) is 11.9 Å². The smallest absolute Gasteiger partial charge is 0.125 e. The Balaban J connectivity index is 2.15. The second-order valence-corrected chi connectivity index (χ2v) is 4.63. The maximum atomic E-state index is 13.4. The fourth-order valence-corrected chi connectivity index (χ4v) is 2.52. The third kappa shape index (κ3) is 2.82. The molecule has 0 radical (unpaired) electrons. The van der Waals surface area contributed by atoms with E-state index in [0.29, 0.717) is 6.61 Å². The summed E-state index contributed by atoms with van der Waals surface area (Å²) < 4.78 is 18.6. The van der Waals surface area contributed by atoms with Crippen LogP contribution < -0.4 is 10.2 Å². The van der Waals surface area contributed by atoms with E-state index in [0.717, 1.165) is 31.7 Å². The monoisotopic (exact) mass is 252 g/mol. The highest BCUT2D eigenvalue weighted by Crippen LogP contribution is 2.30. The first-order valence-electron chi connectivity index (χ1n) is 6.51. The Kier molecular flexibility index (Phi) is 4.55. The van der Waals surface area contributed by atoms with E-state index in [2.05, 4.69) is 17.1 Å². The molecule has 18 heavy (non-hydrogen) atoms. The number of methoxy groups -OCH3 is 1. The molecule has 1 aliphatic rings. The number of hydrogen-bond donors (Lipinski definition) is 1. The maximum absolute atomic E-state index is 13.4. The zero-order valence-electron chi connectivity index (χ0n) is 11.1. The van der Waals surface area contributed by atoms with Gasteiger partial charge in [0.25, 0.3) is 0 Å². The van der Waals surface area contributed by atoms with Gasteiger partial charge in [0, 0.05) is 25.9 Å². The number of ether oxygens (including phenoxy) is 1. The van der Waals surface area contributed by atoms with E-state index in [1.165, 1.54) is 11.6 Å². The van der Waals surface area contributed by atoms with Crippen LogP contribution in [0.1, 0.15) is 12.5 Å². The Labute approximate surface area is 108 Å². The van der Waals surface area contributed by atoms with Crippen molar-refractivity contribution in [3.63, 3.8) is 0 Å². The zero-order chi connectivity index (χ0) is 13.0. The van der Waals surface area contributed by atoms with Crippen molar-refractivity contribution < 1.29 is 9.13 Å². The van der Waals surface area contributed by atoms with Crippen LogP contribution in [0.15, 0.2) is 18.2 Å². The molecule has 0 saturated heterocycles. The molecule has 1 aliphatic heterocycles. The summed E-state index contributed by atoms with van der Waals surface area (Å²) in [5.41, 5.74) is 2.25. The van der Waals surface area contributed by atoms with E-state index >= 15 is 0 Å². The van der Waals surface area contributed by atoms with Crippen LogP contribution in [0.2, 0.25) is 0 Å². The average Bonchev–Trinajstić information content (AvgIpc) is 2.77. The third-order valence-corrected chi connectivity index (χ3v) is 3.41. The first-order valence-corrected chi connectivity index (χ1v) is 6.51. The third-order valence-electron chi connectivity index (χ3n) is 3.41. The number of fused-ring (bicyclic) bond motifs is 1. The molecule has 100 valence electrons. The van der Waals surface area contributed by atoms with Crippen molar-refractivity contribution in [2.24, 2.45) is 0 Å². The number of rotatable bonds is 6. The fourth-order valence-electron chi connectivity index (χ4n) is 2.52. The van der Waals surface area contributed by atoms with Crippen LogP contribution >= 0.6 is 0 Å². The predicted molar refractivity (Wildman–Crippen MR) is 71.7 cm³/mol. The van der Waals surface area contributed by atoms with Crippen molar-refractivity contribution in [3.05, 3.63) is 29.6 Å². The molecule has 1 heterocycles. The Morgan fingerprint density at radius 1 is 1.50 bits per heavy atom. The molecule has 0 fully saturated rings. The zero-order valence-corrected chi connectivity index (χ0v) is 11.1. The van der Waals surface area contributed by atoms with Gasteiger partial charge in [-0.05, 0) is 30.7 Å². The number of likely N-dealkylation sites (N-methyl/N-ethyl adjacent to an activating group) is 1. The number of nitrogens with one attached hydrogen (secondary N) is 1. The average molecular weight is 252 g/mol. The standard InChI is InChI=1S/C14H21FN2O/c1-3-16-9-13(10-18-2)17-7-6-11-4-5-12(15)8-14(11)17/h4-5,8,13,16H,3,6-7,9-10H2,1-2H3. The molecule has 1 aromatic rings. The Hall–Kier alpha value is -1.13. The van der Waals surface area contributed by atoms with Crippen molar-refractivity contribution in [1.29, 1.82) is 0 Å². The lowest BCUT2D eigenvalue weighted by Crippen LogP contribution is -2.44. The van der Waals surface area contributed by atoms with Crippen molar-refractivity contribution in [1.82, 2.24) is 5.32 Å². The highest BCUT2D eigenvalue weighted by molar-refractivity contribution is 5.59. The van der Waals surface area contributed by atoms with E-state index in [1.54, 1.807) is 13.2 Å². The summed E-state index contributed by atoms with van der Waals surface area (Å²) >= 11 is 0. The molecule has 0 aliphatic carbocycles. The lowest BCUT2D eigenvalue weighted by molar-refractivity contribution is 0.176. The van der Waals surface area contributed by atoms with Crippen LogP contribution in [0.5, 0.6) is 0 Å². The summed E-state index contributed by atoms with van der Waals surface area (Å²) in [6, 6.07) is 5.33. The van der Waals surface area contributed by atoms with E-state index in [1.807, 2.05) is 6.07 Å². The molecule has 1 aromatic carbocycles. The molecular weight excluding hydrogens is 231 g/mol. The molecule has 0 spiro atoms. The van der Waals surface area contributed by atoms with Crippen LogP contribution in [-0.2, 0) is 11.2 Å². The van der Waals surface area contributed by atoms with E-state index < -0.39 is 0 Å². The van der Waals surface area contributed by atoms with Gasteiger partial charge in [-0.1, -0.05) is 13.0 Å². The van der Waals surface area contributed by atoms with Crippen LogP contribution in [0.3, 0.4) is 0 Å². The molecule has 0 aromatic heterocycles. The highest BCUT2D eigenvalue weighted by atomic mass is 19.1. The molecule has 1 N–H and O–H groups in total. The normalized spacial score (nSPS) is 15.8. The van der Waals surface area contributed by atoms with Crippen LogP contribution in [-0.4, -0.2) is 39.4 Å². The topological polar surface area (TPSA) is 24.5 Å². The van der Waals surface area contributed by atoms with Crippen LogP contribution in [0.25, 0.3) is 0 Å². The van der Waals surface area contributed by atoms with Gasteiger partial charge in [0.2, 0.25) is 0 Å². The summed E-state index contributed by atoms with van der Waals surface area (Å²) in [6.45, 7) is 5.48. The molecule has 0 amide bonds. The molecule has 0 bridgehead atoms. The van der Waals surface area contributed by atoms with Gasteiger partial charge in [-0.3, -0.25) is 0 Å². The Bertz CT molecular complexity index is 397. The summed E-state index contributed by atoms with van der Waals surface area (Å²) in [5.74, 6) is -0.166. The van der Waals surface area contributed by atoms with Gasteiger partial charge in [0.1, 0.15) is 5.82 Å². The number of hydrogen-bond acceptors (Lipinski definition) is 3. The Morgan fingerprint density at radius 3 is 3.06 bits per heavy atom. The first kappa shape index (κ1) is 13.3. The van der Waals surface area contributed by atoms with Gasteiger partial charge < -0.3 is 15.0 Å². The lowest BCUT2D eigenvalue weighted by atomic mass is 10.1. The summed E-state index contributed by atoms with van der Waals surface area (Å²) in [5, 5.41) is 3.34. The van der Waals surface area contributed by atoms with E-state index in [9.17, 15) is 4.39 Å². The molecule has 1 atom stereocenters. The van der Waals surface area contributed by atoms with Crippen LogP contribution in [0, 0.1) is 5.82 Å². The van der Waals surface area contributed by atoms with Gasteiger partial charge in [0.15, 0.2) is 0 Å². The lowest BCUT2D eigenvalue weighted by Gasteiger charge is -2.30. The van der Waals surface area contributed by atoms with E-state index in [4.69, 9.17) is 4.74 Å². The van der Waals surface area contributed by atoms with Crippen molar-refractivity contribution in [2.45, 2.75) is 19.4 Å². The number of halogens is 1. The molecular formula is C14H21FN2O. The number of benzene rings is 1. The maximum Gasteiger partial charge on any atom is 0.125 e. The summed E-state index contributed by atoms with van der Waals surface area (Å²) in [7, 11) is 1.71. The second-order valence-electron chi connectivity index (χ2n) is 4.63. The van der Waals surface area contributed by atoms with Gasteiger partial charge in [-0.25, -0.2) is 4.39 Å².